The molecule has 1 aliphatic heterocycles. The summed E-state index contributed by atoms with van der Waals surface area (Å²) in [5.41, 5.74) is 2.35. The van der Waals surface area contributed by atoms with Crippen molar-refractivity contribution in [2.75, 3.05) is 17.2 Å². The van der Waals surface area contributed by atoms with Crippen LogP contribution in [0.15, 0.2) is 48.5 Å². The van der Waals surface area contributed by atoms with E-state index in [2.05, 4.69) is 10.6 Å². The van der Waals surface area contributed by atoms with E-state index in [0.717, 1.165) is 12.0 Å². The molecule has 0 saturated carbocycles. The topological polar surface area (TPSA) is 105 Å². The van der Waals surface area contributed by atoms with Crippen molar-refractivity contribution in [3.8, 4) is 0 Å². The molecule has 1 saturated heterocycles. The fourth-order valence-corrected chi connectivity index (χ4v) is 3.00. The molecule has 0 radical (unpaired) electrons. The summed E-state index contributed by atoms with van der Waals surface area (Å²) < 4.78 is 5.36. The fraction of sp³-hybridized carbons (Fsp3) is 0.286. The van der Waals surface area contributed by atoms with Gasteiger partial charge in [-0.15, -0.1) is 0 Å². The normalized spacial score (nSPS) is 15.8. The van der Waals surface area contributed by atoms with Crippen molar-refractivity contribution in [1.82, 2.24) is 0 Å². The molecule has 2 aromatic rings. The first-order valence-corrected chi connectivity index (χ1v) is 9.16. The van der Waals surface area contributed by atoms with Crippen LogP contribution in [0, 0.1) is 0 Å². The molecule has 2 amide bonds. The van der Waals surface area contributed by atoms with Crippen molar-refractivity contribution in [3.05, 3.63) is 59.7 Å². The third-order valence-corrected chi connectivity index (χ3v) is 4.43. The number of aliphatic carboxylic acids is 1. The van der Waals surface area contributed by atoms with E-state index in [1.165, 1.54) is 0 Å². The zero-order valence-electron chi connectivity index (χ0n) is 15.3. The van der Waals surface area contributed by atoms with E-state index in [9.17, 15) is 14.4 Å². The van der Waals surface area contributed by atoms with Gasteiger partial charge in [-0.3, -0.25) is 14.4 Å². The Labute approximate surface area is 162 Å². The standard InChI is InChI=1S/C21H22N2O5/c24-19(25)10-9-14-4-1-6-16(12-14)22-20(26)15-5-2-7-17(13-15)23-21(27)18-8-3-11-28-18/h1-2,4-7,12-13,18H,3,8-11H2,(H,22,26)(H,23,27)(H,24,25). The third-order valence-electron chi connectivity index (χ3n) is 4.43. The lowest BCUT2D eigenvalue weighted by Crippen LogP contribution is -2.27. The van der Waals surface area contributed by atoms with Crippen LogP contribution in [0.4, 0.5) is 11.4 Å². The first-order valence-electron chi connectivity index (χ1n) is 9.16. The summed E-state index contributed by atoms with van der Waals surface area (Å²) in [6, 6.07) is 13.8. The van der Waals surface area contributed by atoms with Crippen molar-refractivity contribution >= 4 is 29.2 Å². The summed E-state index contributed by atoms with van der Waals surface area (Å²) in [4.78, 5) is 35.4. The molecule has 0 aliphatic carbocycles. The zero-order valence-corrected chi connectivity index (χ0v) is 15.3. The van der Waals surface area contributed by atoms with Gasteiger partial charge in [-0.1, -0.05) is 18.2 Å². The lowest BCUT2D eigenvalue weighted by Gasteiger charge is -2.12. The zero-order chi connectivity index (χ0) is 19.9. The number of carboxylic acids is 1. The quantitative estimate of drug-likeness (QED) is 0.683. The average molecular weight is 382 g/mol. The number of ether oxygens (including phenoxy) is 1. The van der Waals surface area contributed by atoms with Gasteiger partial charge in [-0.25, -0.2) is 0 Å². The highest BCUT2D eigenvalue weighted by molar-refractivity contribution is 6.05. The second kappa shape index (κ2) is 9.14. The summed E-state index contributed by atoms with van der Waals surface area (Å²) in [6.07, 6.45) is 1.55. The van der Waals surface area contributed by atoms with Crippen LogP contribution in [0.1, 0.15) is 35.2 Å². The number of hydrogen-bond donors (Lipinski definition) is 3. The summed E-state index contributed by atoms with van der Waals surface area (Å²) in [5.74, 6) is -1.39. The monoisotopic (exact) mass is 382 g/mol. The van der Waals surface area contributed by atoms with Gasteiger partial charge in [0, 0.05) is 30.0 Å². The number of carbonyl (C=O) groups is 3. The van der Waals surface area contributed by atoms with Crippen molar-refractivity contribution in [2.24, 2.45) is 0 Å². The molecule has 3 rings (SSSR count). The number of nitrogens with one attached hydrogen (secondary N) is 2. The Balaban J connectivity index is 1.63. The van der Waals surface area contributed by atoms with E-state index in [1.54, 1.807) is 42.5 Å². The highest BCUT2D eigenvalue weighted by Crippen LogP contribution is 2.18. The minimum Gasteiger partial charge on any atom is -0.481 e. The SMILES string of the molecule is O=C(O)CCc1cccc(NC(=O)c2cccc(NC(=O)C3CCCO3)c2)c1. The molecular formula is C21H22N2O5. The van der Waals surface area contributed by atoms with Gasteiger partial charge < -0.3 is 20.5 Å². The Hall–Kier alpha value is -3.19. The van der Waals surface area contributed by atoms with Crippen LogP contribution in [-0.4, -0.2) is 35.6 Å². The van der Waals surface area contributed by atoms with Crippen LogP contribution in [-0.2, 0) is 20.7 Å². The van der Waals surface area contributed by atoms with E-state index in [-0.39, 0.29) is 18.2 Å². The minimum atomic E-state index is -0.865. The van der Waals surface area contributed by atoms with Crippen LogP contribution in [0.5, 0.6) is 0 Å². The number of amides is 2. The van der Waals surface area contributed by atoms with Gasteiger partial charge in [0.15, 0.2) is 0 Å². The largest absolute Gasteiger partial charge is 0.481 e. The van der Waals surface area contributed by atoms with Gasteiger partial charge in [0.2, 0.25) is 0 Å². The van der Waals surface area contributed by atoms with E-state index >= 15 is 0 Å². The van der Waals surface area contributed by atoms with Gasteiger partial charge in [-0.05, 0) is 55.2 Å². The van der Waals surface area contributed by atoms with Crippen molar-refractivity contribution < 1.29 is 24.2 Å². The van der Waals surface area contributed by atoms with Gasteiger partial charge in [-0.2, -0.15) is 0 Å². The molecule has 0 spiro atoms. The van der Waals surface area contributed by atoms with Gasteiger partial charge >= 0.3 is 5.97 Å². The maximum absolute atomic E-state index is 12.5. The van der Waals surface area contributed by atoms with Crippen LogP contribution >= 0.6 is 0 Å². The fourth-order valence-electron chi connectivity index (χ4n) is 3.00. The van der Waals surface area contributed by atoms with E-state index in [4.69, 9.17) is 9.84 Å². The number of rotatable bonds is 7. The predicted molar refractivity (Wildman–Crippen MR) is 104 cm³/mol. The second-order valence-corrected chi connectivity index (χ2v) is 6.62. The Morgan fingerprint density at radius 2 is 1.79 bits per heavy atom. The number of hydrogen-bond acceptors (Lipinski definition) is 4. The minimum absolute atomic E-state index is 0.0316. The van der Waals surface area contributed by atoms with E-state index < -0.39 is 12.1 Å². The summed E-state index contributed by atoms with van der Waals surface area (Å²) in [6.45, 7) is 0.589. The first-order chi connectivity index (χ1) is 13.5. The molecule has 28 heavy (non-hydrogen) atoms. The van der Waals surface area contributed by atoms with E-state index in [0.29, 0.717) is 36.4 Å². The maximum atomic E-state index is 12.5. The van der Waals surface area contributed by atoms with Gasteiger partial charge in [0.1, 0.15) is 6.10 Å². The molecule has 1 unspecified atom stereocenters. The predicted octanol–water partition coefficient (Wildman–Crippen LogP) is 3.07. The summed E-state index contributed by atoms with van der Waals surface area (Å²) in [7, 11) is 0. The Morgan fingerprint density at radius 1 is 1.04 bits per heavy atom. The Kier molecular flexibility index (Phi) is 6.39. The highest BCUT2D eigenvalue weighted by atomic mass is 16.5. The molecule has 7 nitrogen and oxygen atoms in total. The van der Waals surface area contributed by atoms with E-state index in [1.807, 2.05) is 6.07 Å². The van der Waals surface area contributed by atoms with Crippen molar-refractivity contribution in [1.29, 1.82) is 0 Å². The number of anilines is 2. The van der Waals surface area contributed by atoms with Crippen LogP contribution in [0.25, 0.3) is 0 Å². The molecule has 1 atom stereocenters. The molecule has 146 valence electrons. The van der Waals surface area contributed by atoms with Crippen molar-refractivity contribution in [2.45, 2.75) is 31.8 Å². The Bertz CT molecular complexity index is 875. The van der Waals surface area contributed by atoms with Crippen LogP contribution < -0.4 is 10.6 Å². The number of carbonyl (C=O) groups excluding carboxylic acids is 2. The number of aryl methyl sites for hydroxylation is 1. The molecule has 0 bridgehead atoms. The molecular weight excluding hydrogens is 360 g/mol. The van der Waals surface area contributed by atoms with Crippen LogP contribution in [0.3, 0.4) is 0 Å². The molecule has 2 aromatic carbocycles. The molecule has 1 heterocycles. The third kappa shape index (κ3) is 5.40. The Morgan fingerprint density at radius 3 is 2.50 bits per heavy atom. The highest BCUT2D eigenvalue weighted by Gasteiger charge is 2.23. The lowest BCUT2D eigenvalue weighted by molar-refractivity contribution is -0.137. The smallest absolute Gasteiger partial charge is 0.303 e. The number of carboxylic acid groups (broad SMARTS) is 1. The average Bonchev–Trinajstić information content (AvgIpc) is 3.22. The van der Waals surface area contributed by atoms with Crippen molar-refractivity contribution in [3.63, 3.8) is 0 Å². The lowest BCUT2D eigenvalue weighted by atomic mass is 10.1. The number of benzene rings is 2. The second-order valence-electron chi connectivity index (χ2n) is 6.62. The summed E-state index contributed by atoms with van der Waals surface area (Å²) in [5, 5.41) is 14.4. The molecule has 3 N–H and O–H groups in total. The van der Waals surface area contributed by atoms with Crippen LogP contribution in [0.2, 0.25) is 0 Å². The summed E-state index contributed by atoms with van der Waals surface area (Å²) >= 11 is 0. The molecule has 1 aliphatic rings. The molecule has 0 aromatic heterocycles. The van der Waals surface area contributed by atoms with Gasteiger partial charge in [0.05, 0.1) is 0 Å². The first kappa shape index (κ1) is 19.6. The van der Waals surface area contributed by atoms with Gasteiger partial charge in [0.25, 0.3) is 11.8 Å². The molecule has 1 fully saturated rings. The molecule has 7 heteroatoms. The maximum Gasteiger partial charge on any atom is 0.303 e.